The largest absolute Gasteiger partial charge is 0.374 e. The van der Waals surface area contributed by atoms with Crippen molar-refractivity contribution in [2.24, 2.45) is 0 Å². The van der Waals surface area contributed by atoms with Gasteiger partial charge in [-0.05, 0) is 31.2 Å². The summed E-state index contributed by atoms with van der Waals surface area (Å²) in [6.45, 7) is 1.57. The van der Waals surface area contributed by atoms with Crippen LogP contribution in [0.25, 0.3) is 0 Å². The molecule has 0 aliphatic heterocycles. The van der Waals surface area contributed by atoms with Crippen molar-refractivity contribution in [1.82, 2.24) is 0 Å². The Bertz CT molecular complexity index is 754. The summed E-state index contributed by atoms with van der Waals surface area (Å²) in [5.41, 5.74) is 0.368. The SMILES string of the molecule is C[C@H](Nc1ccc(F)c(Cl)c1)C(=O)Nc1ccccc1[N+](=O)[O-]. The molecule has 2 aromatic rings. The van der Waals surface area contributed by atoms with Gasteiger partial charge in [0.05, 0.1) is 9.95 Å². The molecular formula is C15H13ClFN3O3. The quantitative estimate of drug-likeness (QED) is 0.641. The van der Waals surface area contributed by atoms with E-state index in [9.17, 15) is 19.3 Å². The first kappa shape index (κ1) is 16.7. The third kappa shape index (κ3) is 4.17. The lowest BCUT2D eigenvalue weighted by Gasteiger charge is -2.15. The van der Waals surface area contributed by atoms with Crippen LogP contribution in [0.5, 0.6) is 0 Å². The Morgan fingerprint density at radius 1 is 1.30 bits per heavy atom. The Labute approximate surface area is 136 Å². The highest BCUT2D eigenvalue weighted by atomic mass is 35.5. The number of nitrogens with zero attached hydrogens (tertiary/aromatic N) is 1. The molecule has 0 fully saturated rings. The minimum Gasteiger partial charge on any atom is -0.374 e. The number of para-hydroxylation sites is 2. The normalized spacial score (nSPS) is 11.6. The van der Waals surface area contributed by atoms with Crippen molar-refractivity contribution < 1.29 is 14.1 Å². The molecule has 8 heteroatoms. The lowest BCUT2D eigenvalue weighted by Crippen LogP contribution is -2.32. The lowest BCUT2D eigenvalue weighted by atomic mass is 10.2. The fraction of sp³-hybridized carbons (Fsp3) is 0.133. The van der Waals surface area contributed by atoms with Crippen LogP contribution in [0.2, 0.25) is 5.02 Å². The number of rotatable bonds is 5. The summed E-state index contributed by atoms with van der Waals surface area (Å²) in [5.74, 6) is -1.03. The average molecular weight is 338 g/mol. The Morgan fingerprint density at radius 3 is 2.65 bits per heavy atom. The van der Waals surface area contributed by atoms with Gasteiger partial charge in [-0.1, -0.05) is 23.7 Å². The zero-order chi connectivity index (χ0) is 17.0. The van der Waals surface area contributed by atoms with Gasteiger partial charge in [-0.2, -0.15) is 0 Å². The third-order valence-corrected chi connectivity index (χ3v) is 3.34. The van der Waals surface area contributed by atoms with Gasteiger partial charge in [-0.15, -0.1) is 0 Å². The number of nitro groups is 1. The van der Waals surface area contributed by atoms with Crippen LogP contribution < -0.4 is 10.6 Å². The Kier molecular flexibility index (Phi) is 5.13. The summed E-state index contributed by atoms with van der Waals surface area (Å²) in [4.78, 5) is 22.5. The second-order valence-electron chi connectivity index (χ2n) is 4.76. The fourth-order valence-corrected chi connectivity index (χ4v) is 2.06. The van der Waals surface area contributed by atoms with E-state index in [1.807, 2.05) is 0 Å². The van der Waals surface area contributed by atoms with Gasteiger partial charge in [0.15, 0.2) is 0 Å². The second kappa shape index (κ2) is 7.06. The second-order valence-corrected chi connectivity index (χ2v) is 5.17. The van der Waals surface area contributed by atoms with Crippen molar-refractivity contribution in [1.29, 1.82) is 0 Å². The highest BCUT2D eigenvalue weighted by molar-refractivity contribution is 6.31. The molecule has 0 unspecified atom stereocenters. The lowest BCUT2D eigenvalue weighted by molar-refractivity contribution is -0.383. The summed E-state index contributed by atoms with van der Waals surface area (Å²) >= 11 is 5.67. The molecule has 6 nitrogen and oxygen atoms in total. The standard InChI is InChI=1S/C15H13ClFN3O3/c1-9(18-10-6-7-12(17)11(16)8-10)15(21)19-13-4-2-3-5-14(13)20(22)23/h2-9,18H,1H3,(H,19,21)/t9-/m0/s1. The fourth-order valence-electron chi connectivity index (χ4n) is 1.88. The zero-order valence-electron chi connectivity index (χ0n) is 12.0. The van der Waals surface area contributed by atoms with Gasteiger partial charge < -0.3 is 10.6 Å². The predicted octanol–water partition coefficient (Wildman–Crippen LogP) is 3.83. The number of benzene rings is 2. The van der Waals surface area contributed by atoms with E-state index in [4.69, 9.17) is 11.6 Å². The van der Waals surface area contributed by atoms with Gasteiger partial charge in [0, 0.05) is 11.8 Å². The molecule has 1 atom stereocenters. The van der Waals surface area contributed by atoms with Crippen LogP contribution in [0.1, 0.15) is 6.92 Å². The molecule has 2 aromatic carbocycles. The molecule has 0 aromatic heterocycles. The summed E-state index contributed by atoms with van der Waals surface area (Å²) in [6.07, 6.45) is 0. The van der Waals surface area contributed by atoms with Crippen LogP contribution >= 0.6 is 11.6 Å². The third-order valence-electron chi connectivity index (χ3n) is 3.05. The van der Waals surface area contributed by atoms with Gasteiger partial charge in [0.2, 0.25) is 5.91 Å². The zero-order valence-corrected chi connectivity index (χ0v) is 12.8. The predicted molar refractivity (Wildman–Crippen MR) is 86.2 cm³/mol. The molecule has 0 radical (unpaired) electrons. The van der Waals surface area contributed by atoms with Crippen LogP contribution in [0.3, 0.4) is 0 Å². The maximum Gasteiger partial charge on any atom is 0.292 e. The molecule has 0 spiro atoms. The molecule has 0 saturated heterocycles. The number of nitro benzene ring substituents is 1. The molecule has 0 saturated carbocycles. The average Bonchev–Trinajstić information content (AvgIpc) is 2.51. The summed E-state index contributed by atoms with van der Waals surface area (Å²) in [7, 11) is 0. The molecule has 0 bridgehead atoms. The molecule has 0 aliphatic rings. The molecular weight excluding hydrogens is 325 g/mol. The summed E-state index contributed by atoms with van der Waals surface area (Å²) in [6, 6.07) is 9.09. The maximum atomic E-state index is 13.1. The van der Waals surface area contributed by atoms with Crippen LogP contribution in [-0.2, 0) is 4.79 Å². The van der Waals surface area contributed by atoms with Gasteiger partial charge >= 0.3 is 0 Å². The molecule has 1 amide bonds. The van der Waals surface area contributed by atoms with Gasteiger partial charge in [-0.25, -0.2) is 4.39 Å². The first-order chi connectivity index (χ1) is 10.9. The Morgan fingerprint density at radius 2 is 2.00 bits per heavy atom. The highest BCUT2D eigenvalue weighted by Gasteiger charge is 2.18. The van der Waals surface area contributed by atoms with Crippen molar-refractivity contribution in [2.75, 3.05) is 10.6 Å². The monoisotopic (exact) mass is 337 g/mol. The molecule has 120 valence electrons. The van der Waals surface area contributed by atoms with E-state index in [-0.39, 0.29) is 16.4 Å². The van der Waals surface area contributed by atoms with Crippen molar-refractivity contribution in [2.45, 2.75) is 13.0 Å². The number of carbonyl (C=O) groups is 1. The Hall–Kier alpha value is -2.67. The minimum atomic E-state index is -0.712. The van der Waals surface area contributed by atoms with Crippen molar-refractivity contribution in [3.63, 3.8) is 0 Å². The van der Waals surface area contributed by atoms with Crippen LogP contribution in [-0.4, -0.2) is 16.9 Å². The van der Waals surface area contributed by atoms with Crippen LogP contribution in [0.15, 0.2) is 42.5 Å². The van der Waals surface area contributed by atoms with Crippen molar-refractivity contribution >= 4 is 34.6 Å². The molecule has 23 heavy (non-hydrogen) atoms. The molecule has 0 heterocycles. The van der Waals surface area contributed by atoms with E-state index in [0.717, 1.165) is 0 Å². The van der Waals surface area contributed by atoms with Crippen molar-refractivity contribution in [3.05, 3.63) is 63.4 Å². The van der Waals surface area contributed by atoms with Crippen LogP contribution in [0.4, 0.5) is 21.5 Å². The van der Waals surface area contributed by atoms with Gasteiger partial charge in [-0.3, -0.25) is 14.9 Å². The first-order valence-electron chi connectivity index (χ1n) is 6.64. The van der Waals surface area contributed by atoms with E-state index < -0.39 is 22.7 Å². The number of anilines is 2. The van der Waals surface area contributed by atoms with Gasteiger partial charge in [0.1, 0.15) is 17.5 Å². The summed E-state index contributed by atoms with van der Waals surface area (Å²) in [5, 5.41) is 16.2. The Balaban J connectivity index is 2.08. The van der Waals surface area contributed by atoms with E-state index in [2.05, 4.69) is 10.6 Å². The number of amides is 1. The molecule has 2 N–H and O–H groups in total. The number of carbonyl (C=O) groups excluding carboxylic acids is 1. The smallest absolute Gasteiger partial charge is 0.292 e. The number of nitrogens with one attached hydrogen (secondary N) is 2. The minimum absolute atomic E-state index is 0.0682. The number of hydrogen-bond donors (Lipinski definition) is 2. The summed E-state index contributed by atoms with van der Waals surface area (Å²) < 4.78 is 13.1. The first-order valence-corrected chi connectivity index (χ1v) is 7.02. The van der Waals surface area contributed by atoms with Crippen LogP contribution in [0, 0.1) is 15.9 Å². The topological polar surface area (TPSA) is 84.3 Å². The van der Waals surface area contributed by atoms with Crippen molar-refractivity contribution in [3.8, 4) is 0 Å². The number of halogens is 2. The van der Waals surface area contributed by atoms with E-state index >= 15 is 0 Å². The maximum absolute atomic E-state index is 13.1. The highest BCUT2D eigenvalue weighted by Crippen LogP contribution is 2.24. The van der Waals surface area contributed by atoms with E-state index in [0.29, 0.717) is 5.69 Å². The molecule has 0 aliphatic carbocycles. The molecule has 2 rings (SSSR count). The number of hydrogen-bond acceptors (Lipinski definition) is 4. The van der Waals surface area contributed by atoms with Gasteiger partial charge in [0.25, 0.3) is 5.69 Å². The van der Waals surface area contributed by atoms with E-state index in [1.54, 1.807) is 13.0 Å². The van der Waals surface area contributed by atoms with E-state index in [1.165, 1.54) is 36.4 Å².